The summed E-state index contributed by atoms with van der Waals surface area (Å²) in [5.74, 6) is 1.23. The van der Waals surface area contributed by atoms with Gasteiger partial charge in [0, 0.05) is 5.75 Å². The van der Waals surface area contributed by atoms with Gasteiger partial charge in [-0.2, -0.15) is 0 Å². The van der Waals surface area contributed by atoms with Crippen molar-refractivity contribution in [1.82, 2.24) is 5.32 Å². The van der Waals surface area contributed by atoms with Crippen LogP contribution in [0.25, 0.3) is 0 Å². The molecule has 2 atom stereocenters. The van der Waals surface area contributed by atoms with Gasteiger partial charge in [-0.15, -0.1) is 0 Å². The molecule has 1 aromatic rings. The van der Waals surface area contributed by atoms with E-state index in [1.807, 2.05) is 37.3 Å². The van der Waals surface area contributed by atoms with E-state index in [4.69, 9.17) is 4.74 Å². The summed E-state index contributed by atoms with van der Waals surface area (Å²) in [6.07, 6.45) is 0.715. The van der Waals surface area contributed by atoms with Crippen LogP contribution in [-0.2, 0) is 9.59 Å². The van der Waals surface area contributed by atoms with Gasteiger partial charge >= 0.3 is 0 Å². The normalized spacial score (nSPS) is 20.1. The first-order chi connectivity index (χ1) is 9.20. The fraction of sp³-hybridized carbons (Fsp3) is 0.429. The number of ether oxygens (including phenoxy) is 1. The van der Waals surface area contributed by atoms with Crippen molar-refractivity contribution in [2.75, 3.05) is 5.75 Å². The fourth-order valence-corrected chi connectivity index (χ4v) is 2.81. The van der Waals surface area contributed by atoms with Gasteiger partial charge < -0.3 is 10.1 Å². The van der Waals surface area contributed by atoms with Crippen LogP contribution in [0.2, 0.25) is 0 Å². The van der Waals surface area contributed by atoms with Crippen molar-refractivity contribution in [1.29, 1.82) is 0 Å². The lowest BCUT2D eigenvalue weighted by Crippen LogP contribution is -2.45. The number of benzene rings is 1. The molecule has 102 valence electrons. The average molecular weight is 279 g/mol. The Morgan fingerprint density at radius 2 is 2.21 bits per heavy atom. The van der Waals surface area contributed by atoms with Gasteiger partial charge in [0.25, 0.3) is 5.91 Å². The van der Waals surface area contributed by atoms with E-state index in [0.29, 0.717) is 18.6 Å². The van der Waals surface area contributed by atoms with Gasteiger partial charge in [0.2, 0.25) is 5.12 Å². The van der Waals surface area contributed by atoms with Gasteiger partial charge in [-0.05, 0) is 25.0 Å². The third-order valence-corrected chi connectivity index (χ3v) is 3.95. The Kier molecular flexibility index (Phi) is 4.85. The molecule has 4 nitrogen and oxygen atoms in total. The van der Waals surface area contributed by atoms with Crippen LogP contribution in [0.4, 0.5) is 0 Å². The number of carbonyl (C=O) groups is 2. The van der Waals surface area contributed by atoms with Gasteiger partial charge in [-0.25, -0.2) is 0 Å². The van der Waals surface area contributed by atoms with E-state index in [1.54, 1.807) is 0 Å². The fourth-order valence-electron chi connectivity index (χ4n) is 1.88. The Bertz CT molecular complexity index is 449. The average Bonchev–Trinajstić information content (AvgIpc) is 2.82. The van der Waals surface area contributed by atoms with Crippen LogP contribution in [0.3, 0.4) is 0 Å². The summed E-state index contributed by atoms with van der Waals surface area (Å²) >= 11 is 1.28. The maximum atomic E-state index is 12.1. The Balaban J connectivity index is 1.93. The number of nitrogens with one attached hydrogen (secondary N) is 1. The predicted molar refractivity (Wildman–Crippen MR) is 75.2 cm³/mol. The van der Waals surface area contributed by atoms with E-state index in [0.717, 1.165) is 5.75 Å². The molecule has 0 radical (unpaired) electrons. The summed E-state index contributed by atoms with van der Waals surface area (Å²) in [4.78, 5) is 23.6. The topological polar surface area (TPSA) is 55.4 Å². The maximum Gasteiger partial charge on any atom is 0.261 e. The zero-order valence-corrected chi connectivity index (χ0v) is 11.6. The molecule has 0 aliphatic carbocycles. The highest BCUT2D eigenvalue weighted by molar-refractivity contribution is 8.14. The van der Waals surface area contributed by atoms with Crippen LogP contribution in [-0.4, -0.2) is 28.9 Å². The molecule has 1 N–H and O–H groups in total. The smallest absolute Gasteiger partial charge is 0.261 e. The number of hydrogen-bond acceptors (Lipinski definition) is 4. The highest BCUT2D eigenvalue weighted by Crippen LogP contribution is 2.20. The lowest BCUT2D eigenvalue weighted by molar-refractivity contribution is -0.130. The number of para-hydroxylation sites is 1. The van der Waals surface area contributed by atoms with Crippen molar-refractivity contribution >= 4 is 22.8 Å². The Labute approximate surface area is 116 Å². The second-order valence-electron chi connectivity index (χ2n) is 4.35. The monoisotopic (exact) mass is 279 g/mol. The predicted octanol–water partition coefficient (Wildman–Crippen LogP) is 1.99. The number of amides is 1. The van der Waals surface area contributed by atoms with Crippen LogP contribution in [0, 0.1) is 0 Å². The molecule has 5 heteroatoms. The van der Waals surface area contributed by atoms with Crippen molar-refractivity contribution in [3.8, 4) is 5.75 Å². The summed E-state index contributed by atoms with van der Waals surface area (Å²) in [5, 5.41) is 2.81. The molecular weight excluding hydrogens is 262 g/mol. The number of thioether (sulfide) groups is 1. The number of hydrogen-bond donors (Lipinski definition) is 1. The summed E-state index contributed by atoms with van der Waals surface area (Å²) in [6.45, 7) is 1.89. The second-order valence-corrected chi connectivity index (χ2v) is 5.44. The molecule has 1 heterocycles. The van der Waals surface area contributed by atoms with Crippen molar-refractivity contribution in [2.24, 2.45) is 0 Å². The molecule has 19 heavy (non-hydrogen) atoms. The SMILES string of the molecule is CC[C@H](Oc1ccccc1)C(=O)N[C@@H]1CCSC1=O. The van der Waals surface area contributed by atoms with Gasteiger partial charge in [-0.1, -0.05) is 36.9 Å². The lowest BCUT2D eigenvalue weighted by Gasteiger charge is -2.19. The summed E-state index contributed by atoms with van der Waals surface area (Å²) in [5.41, 5.74) is 0. The molecule has 0 saturated carbocycles. The molecule has 0 unspecified atom stereocenters. The Morgan fingerprint density at radius 1 is 1.47 bits per heavy atom. The third kappa shape index (κ3) is 3.73. The van der Waals surface area contributed by atoms with E-state index >= 15 is 0 Å². The summed E-state index contributed by atoms with van der Waals surface area (Å²) in [7, 11) is 0. The van der Waals surface area contributed by atoms with Crippen LogP contribution in [0.5, 0.6) is 5.75 Å². The van der Waals surface area contributed by atoms with Gasteiger partial charge in [0.15, 0.2) is 6.10 Å². The largest absolute Gasteiger partial charge is 0.481 e. The first-order valence-electron chi connectivity index (χ1n) is 6.39. The van der Waals surface area contributed by atoms with Crippen LogP contribution in [0.15, 0.2) is 30.3 Å². The van der Waals surface area contributed by atoms with Gasteiger partial charge in [-0.3, -0.25) is 9.59 Å². The van der Waals surface area contributed by atoms with Crippen LogP contribution >= 0.6 is 11.8 Å². The minimum Gasteiger partial charge on any atom is -0.481 e. The Hall–Kier alpha value is -1.49. The molecule has 2 rings (SSSR count). The lowest BCUT2D eigenvalue weighted by atomic mass is 10.2. The Morgan fingerprint density at radius 3 is 2.79 bits per heavy atom. The van der Waals surface area contributed by atoms with E-state index in [1.165, 1.54) is 11.8 Å². The highest BCUT2D eigenvalue weighted by Gasteiger charge is 2.29. The molecule has 1 amide bonds. The highest BCUT2D eigenvalue weighted by atomic mass is 32.2. The summed E-state index contributed by atoms with van der Waals surface area (Å²) in [6, 6.07) is 8.88. The van der Waals surface area contributed by atoms with Crippen molar-refractivity contribution < 1.29 is 14.3 Å². The molecule has 0 spiro atoms. The standard InChI is InChI=1S/C14H17NO3S/c1-2-12(18-10-6-4-3-5-7-10)13(16)15-11-8-9-19-14(11)17/h3-7,11-12H,2,8-9H2,1H3,(H,15,16)/t11-,12+/m1/s1. The van der Waals surface area contributed by atoms with Crippen molar-refractivity contribution in [3.05, 3.63) is 30.3 Å². The zero-order chi connectivity index (χ0) is 13.7. The minimum atomic E-state index is -0.555. The van der Waals surface area contributed by atoms with E-state index in [9.17, 15) is 9.59 Å². The van der Waals surface area contributed by atoms with E-state index < -0.39 is 6.10 Å². The molecule has 1 saturated heterocycles. The zero-order valence-electron chi connectivity index (χ0n) is 10.8. The molecule has 0 aromatic heterocycles. The van der Waals surface area contributed by atoms with Crippen molar-refractivity contribution in [2.45, 2.75) is 31.9 Å². The van der Waals surface area contributed by atoms with Crippen molar-refractivity contribution in [3.63, 3.8) is 0 Å². The first kappa shape index (κ1) is 13.9. The molecule has 1 aliphatic rings. The first-order valence-corrected chi connectivity index (χ1v) is 7.38. The van der Waals surface area contributed by atoms with E-state index in [2.05, 4.69) is 5.32 Å². The van der Waals surface area contributed by atoms with Crippen LogP contribution in [0.1, 0.15) is 19.8 Å². The van der Waals surface area contributed by atoms with Gasteiger partial charge in [0.05, 0.1) is 6.04 Å². The minimum absolute atomic E-state index is 0.0444. The maximum absolute atomic E-state index is 12.1. The molecule has 1 aliphatic heterocycles. The third-order valence-electron chi connectivity index (χ3n) is 2.94. The number of carbonyl (C=O) groups excluding carboxylic acids is 2. The summed E-state index contributed by atoms with van der Waals surface area (Å²) < 4.78 is 5.64. The van der Waals surface area contributed by atoms with Gasteiger partial charge in [0.1, 0.15) is 5.75 Å². The second kappa shape index (κ2) is 6.61. The van der Waals surface area contributed by atoms with E-state index in [-0.39, 0.29) is 17.1 Å². The quantitative estimate of drug-likeness (QED) is 0.895. The molecule has 0 bridgehead atoms. The molecule has 1 fully saturated rings. The van der Waals surface area contributed by atoms with Crippen LogP contribution < -0.4 is 10.1 Å². The molecular formula is C14H17NO3S. The molecule has 1 aromatic carbocycles. The number of rotatable bonds is 5.